The molecule has 8 nitrogen and oxygen atoms in total. The van der Waals surface area contributed by atoms with Crippen molar-refractivity contribution in [2.24, 2.45) is 0 Å². The van der Waals surface area contributed by atoms with Crippen molar-refractivity contribution in [1.82, 2.24) is 29.3 Å². The summed E-state index contributed by atoms with van der Waals surface area (Å²) in [5.74, 6) is 1.51. The van der Waals surface area contributed by atoms with Crippen molar-refractivity contribution in [2.45, 2.75) is 57.4 Å². The molecule has 8 heteroatoms. The highest BCUT2D eigenvalue weighted by molar-refractivity contribution is 6.07. The zero-order chi connectivity index (χ0) is 23.9. The van der Waals surface area contributed by atoms with Crippen LogP contribution in [0, 0.1) is 0 Å². The number of fused-ring (bicyclic) bond motifs is 1. The van der Waals surface area contributed by atoms with Gasteiger partial charge in [0.05, 0.1) is 17.6 Å². The number of nitrogens with zero attached hydrogens (tertiary/aromatic N) is 6. The van der Waals surface area contributed by atoms with E-state index in [1.165, 1.54) is 18.4 Å². The largest absolute Gasteiger partial charge is 0.306 e. The number of rotatable bonds is 6. The van der Waals surface area contributed by atoms with Crippen molar-refractivity contribution in [3.63, 3.8) is 0 Å². The van der Waals surface area contributed by atoms with E-state index in [-0.39, 0.29) is 5.91 Å². The number of carbonyl (C=O) groups excluding carboxylic acids is 1. The van der Waals surface area contributed by atoms with Gasteiger partial charge in [0.2, 0.25) is 0 Å². The van der Waals surface area contributed by atoms with Crippen molar-refractivity contribution >= 4 is 17.4 Å². The molecule has 0 unspecified atom stereocenters. The van der Waals surface area contributed by atoms with Gasteiger partial charge in [0.25, 0.3) is 5.91 Å². The number of aromatic nitrogens is 5. The standard InChI is InChI=1S/C27H31N7O/c1-18(2)32-14-10-21(11-15-32)24-16-25(30-27(35)23-17-29-33-13-3-12-28-26(23)33)34(31-24)22-8-6-20(7-9-22)19-4-5-19/h3,6-9,12-13,16-19,21H,4-5,10-11,14-15H2,1-2H3,(H,30,35). The molecule has 4 heterocycles. The topological polar surface area (TPSA) is 80.4 Å². The number of anilines is 1. The fourth-order valence-corrected chi connectivity index (χ4v) is 5.07. The average Bonchev–Trinajstić information content (AvgIpc) is 3.51. The minimum Gasteiger partial charge on any atom is -0.306 e. The Kier molecular flexibility index (Phi) is 5.60. The molecular weight excluding hydrogens is 438 g/mol. The third-order valence-corrected chi connectivity index (χ3v) is 7.36. The van der Waals surface area contributed by atoms with Crippen LogP contribution in [0.5, 0.6) is 0 Å². The summed E-state index contributed by atoms with van der Waals surface area (Å²) in [6.07, 6.45) is 9.70. The van der Waals surface area contributed by atoms with Crippen LogP contribution in [-0.4, -0.2) is 54.3 Å². The molecule has 0 atom stereocenters. The summed E-state index contributed by atoms with van der Waals surface area (Å²) in [5, 5.41) is 12.4. The highest BCUT2D eigenvalue weighted by Crippen LogP contribution is 2.40. The monoisotopic (exact) mass is 469 g/mol. The number of hydrogen-bond acceptors (Lipinski definition) is 5. The van der Waals surface area contributed by atoms with E-state index in [1.807, 2.05) is 10.7 Å². The maximum absolute atomic E-state index is 13.3. The van der Waals surface area contributed by atoms with Crippen LogP contribution in [0.2, 0.25) is 0 Å². The lowest BCUT2D eigenvalue weighted by atomic mass is 9.93. The van der Waals surface area contributed by atoms with Crippen LogP contribution < -0.4 is 5.32 Å². The normalized spacial score (nSPS) is 17.3. The maximum Gasteiger partial charge on any atom is 0.262 e. The van der Waals surface area contributed by atoms with E-state index in [2.05, 4.69) is 58.4 Å². The predicted octanol–water partition coefficient (Wildman–Crippen LogP) is 4.63. The van der Waals surface area contributed by atoms with E-state index >= 15 is 0 Å². The van der Waals surface area contributed by atoms with Gasteiger partial charge in [-0.3, -0.25) is 4.79 Å². The van der Waals surface area contributed by atoms with Gasteiger partial charge in [0.15, 0.2) is 5.65 Å². The van der Waals surface area contributed by atoms with E-state index in [4.69, 9.17) is 5.10 Å². The lowest BCUT2D eigenvalue weighted by Crippen LogP contribution is -2.37. The second kappa shape index (κ2) is 8.92. The molecule has 1 amide bonds. The Bertz CT molecular complexity index is 1340. The molecule has 0 radical (unpaired) electrons. The Morgan fingerprint density at radius 1 is 1.06 bits per heavy atom. The summed E-state index contributed by atoms with van der Waals surface area (Å²) < 4.78 is 3.48. The van der Waals surface area contributed by atoms with Crippen LogP contribution in [0.4, 0.5) is 5.82 Å². The lowest BCUT2D eigenvalue weighted by Gasteiger charge is -2.33. The zero-order valence-electron chi connectivity index (χ0n) is 20.3. The molecule has 4 aromatic rings. The number of hydrogen-bond donors (Lipinski definition) is 1. The first-order valence-electron chi connectivity index (χ1n) is 12.6. The van der Waals surface area contributed by atoms with Crippen molar-refractivity contribution in [2.75, 3.05) is 18.4 Å². The fraction of sp³-hybridized carbons (Fsp3) is 0.407. The Balaban J connectivity index is 1.31. The van der Waals surface area contributed by atoms with Crippen molar-refractivity contribution in [3.8, 4) is 5.69 Å². The number of nitrogens with one attached hydrogen (secondary N) is 1. The number of amides is 1. The lowest BCUT2D eigenvalue weighted by molar-refractivity contribution is 0.102. The Labute approximate surface area is 205 Å². The first-order valence-corrected chi connectivity index (χ1v) is 12.6. The van der Waals surface area contributed by atoms with Gasteiger partial charge in [0.1, 0.15) is 11.4 Å². The molecular formula is C27H31N7O. The summed E-state index contributed by atoms with van der Waals surface area (Å²) in [6, 6.07) is 13.0. The van der Waals surface area contributed by atoms with Crippen molar-refractivity contribution in [3.05, 3.63) is 71.8 Å². The number of piperidine rings is 1. The molecule has 6 rings (SSSR count). The van der Waals surface area contributed by atoms with Crippen LogP contribution in [0.25, 0.3) is 11.3 Å². The highest BCUT2D eigenvalue weighted by Gasteiger charge is 2.27. The van der Waals surface area contributed by atoms with E-state index in [0.29, 0.717) is 34.9 Å². The maximum atomic E-state index is 13.3. The van der Waals surface area contributed by atoms with Gasteiger partial charge in [-0.2, -0.15) is 10.2 Å². The van der Waals surface area contributed by atoms with E-state index in [1.54, 1.807) is 29.2 Å². The summed E-state index contributed by atoms with van der Waals surface area (Å²) in [4.78, 5) is 20.1. The molecule has 35 heavy (non-hydrogen) atoms. The minimum atomic E-state index is -0.240. The molecule has 0 bridgehead atoms. The van der Waals surface area contributed by atoms with Crippen molar-refractivity contribution < 1.29 is 4.79 Å². The van der Waals surface area contributed by atoms with E-state index in [0.717, 1.165) is 37.3 Å². The van der Waals surface area contributed by atoms with Gasteiger partial charge >= 0.3 is 0 Å². The average molecular weight is 470 g/mol. The Morgan fingerprint density at radius 2 is 1.83 bits per heavy atom. The summed E-state index contributed by atoms with van der Waals surface area (Å²) in [6.45, 7) is 6.65. The number of carbonyl (C=O) groups is 1. The number of likely N-dealkylation sites (tertiary alicyclic amines) is 1. The third kappa shape index (κ3) is 4.34. The quantitative estimate of drug-likeness (QED) is 0.445. The van der Waals surface area contributed by atoms with Crippen LogP contribution in [0.15, 0.2) is 55.0 Å². The van der Waals surface area contributed by atoms with Crippen LogP contribution in [0.1, 0.15) is 73.0 Å². The second-order valence-corrected chi connectivity index (χ2v) is 10.0. The molecule has 3 aromatic heterocycles. The Morgan fingerprint density at radius 3 is 2.54 bits per heavy atom. The van der Waals surface area contributed by atoms with Crippen LogP contribution in [0.3, 0.4) is 0 Å². The molecule has 1 saturated heterocycles. The molecule has 180 valence electrons. The molecule has 1 N–H and O–H groups in total. The van der Waals surface area contributed by atoms with Gasteiger partial charge in [-0.1, -0.05) is 12.1 Å². The predicted molar refractivity (Wildman–Crippen MR) is 135 cm³/mol. The number of benzene rings is 1. The van der Waals surface area contributed by atoms with Crippen LogP contribution >= 0.6 is 0 Å². The van der Waals surface area contributed by atoms with Gasteiger partial charge in [-0.15, -0.1) is 0 Å². The van der Waals surface area contributed by atoms with Crippen molar-refractivity contribution in [1.29, 1.82) is 0 Å². The molecule has 2 aliphatic rings. The molecule has 1 aliphatic heterocycles. The zero-order valence-corrected chi connectivity index (χ0v) is 20.3. The van der Waals surface area contributed by atoms with Crippen LogP contribution in [-0.2, 0) is 0 Å². The van der Waals surface area contributed by atoms with Gasteiger partial charge in [0, 0.05) is 30.4 Å². The fourth-order valence-electron chi connectivity index (χ4n) is 5.07. The highest BCUT2D eigenvalue weighted by atomic mass is 16.1. The molecule has 1 aliphatic carbocycles. The minimum absolute atomic E-state index is 0.240. The van der Waals surface area contributed by atoms with E-state index in [9.17, 15) is 4.79 Å². The molecule has 1 aromatic carbocycles. The first-order chi connectivity index (χ1) is 17.1. The SMILES string of the molecule is CC(C)N1CCC(c2cc(NC(=O)c3cnn4cccnc34)n(-c3ccc(C4CC4)cc3)n2)CC1. The molecule has 0 spiro atoms. The van der Waals surface area contributed by atoms with Gasteiger partial charge in [-0.05, 0) is 82.3 Å². The Hall–Kier alpha value is -3.52. The second-order valence-electron chi connectivity index (χ2n) is 10.0. The summed E-state index contributed by atoms with van der Waals surface area (Å²) in [5.41, 5.74) is 4.34. The smallest absolute Gasteiger partial charge is 0.262 e. The van der Waals surface area contributed by atoms with Gasteiger partial charge in [-0.25, -0.2) is 14.2 Å². The first kappa shape index (κ1) is 22.0. The molecule has 1 saturated carbocycles. The van der Waals surface area contributed by atoms with E-state index < -0.39 is 0 Å². The molecule has 2 fully saturated rings. The summed E-state index contributed by atoms with van der Waals surface area (Å²) in [7, 11) is 0. The third-order valence-electron chi connectivity index (χ3n) is 7.36. The van der Waals surface area contributed by atoms with Gasteiger partial charge < -0.3 is 10.2 Å². The summed E-state index contributed by atoms with van der Waals surface area (Å²) >= 11 is 0.